The number of allylic oxidation sites excluding steroid dienone is 2. The number of aliphatic hydroxyl groups excluding tert-OH is 1. The van der Waals surface area contributed by atoms with Gasteiger partial charge in [-0.25, -0.2) is 0 Å². The molecular formula is C35H62N2O8. The Labute approximate surface area is 272 Å². The first kappa shape index (κ1) is 44.0. The van der Waals surface area contributed by atoms with Crippen LogP contribution in [0.1, 0.15) is 106 Å². The number of ketones is 1. The molecule has 0 saturated heterocycles. The summed E-state index contributed by atoms with van der Waals surface area (Å²) in [6.07, 6.45) is 12.7. The first-order chi connectivity index (χ1) is 20.6. The summed E-state index contributed by atoms with van der Waals surface area (Å²) in [5, 5.41) is 20.1. The number of rotatable bonds is 19. The molecule has 0 spiro atoms. The number of nitrogens with two attached hydrogens (primary N) is 1. The normalized spacial score (nSPS) is 19.8. The number of benzene rings is 1. The highest BCUT2D eigenvalue weighted by atomic mass is 16.9. The van der Waals surface area contributed by atoms with Gasteiger partial charge in [-0.3, -0.25) is 4.79 Å². The minimum atomic E-state index is -0.805. The first-order valence-corrected chi connectivity index (χ1v) is 15.8. The topological polar surface area (TPSA) is 173 Å². The van der Waals surface area contributed by atoms with Gasteiger partial charge in [-0.2, -0.15) is 0 Å². The second kappa shape index (κ2) is 26.2. The summed E-state index contributed by atoms with van der Waals surface area (Å²) in [7, 11) is 0. The van der Waals surface area contributed by atoms with Crippen molar-refractivity contribution in [3.8, 4) is 0 Å². The third-order valence-electron chi connectivity index (χ3n) is 7.73. The lowest BCUT2D eigenvalue weighted by Gasteiger charge is -2.23. The lowest BCUT2D eigenvalue weighted by atomic mass is 9.85. The lowest BCUT2D eigenvalue weighted by Crippen LogP contribution is -2.24. The number of Topliss-reactive ketones (excluding diaryl/α,β-unsaturated/α-hetero) is 1. The molecule has 1 fully saturated rings. The quantitative estimate of drug-likeness (QED) is 0.0560. The fourth-order valence-electron chi connectivity index (χ4n) is 5.42. The first-order valence-electron chi connectivity index (χ1n) is 15.8. The fraction of sp³-hybridized carbons (Fsp3) is 0.657. The number of hydrogen-bond donors (Lipinski definition) is 2. The van der Waals surface area contributed by atoms with Crippen molar-refractivity contribution >= 4 is 11.8 Å². The highest BCUT2D eigenvalue weighted by molar-refractivity contribution is 5.75. The number of aliphatic hydroxyl groups is 1. The Morgan fingerprint density at radius 1 is 1.13 bits per heavy atom. The molecule has 1 saturated carbocycles. The Kier molecular flexibility index (Phi) is 25.6. The highest BCUT2D eigenvalue weighted by Gasteiger charge is 2.41. The average molecular weight is 639 g/mol. The van der Waals surface area contributed by atoms with Gasteiger partial charge >= 0.3 is 5.97 Å². The predicted octanol–water partition coefficient (Wildman–Crippen LogP) is 6.61. The van der Waals surface area contributed by atoms with Gasteiger partial charge < -0.3 is 30.7 Å². The smallest absolute Gasteiger partial charge is 0.306 e. The summed E-state index contributed by atoms with van der Waals surface area (Å²) in [5.74, 6) is 0.571. The molecule has 0 radical (unpaired) electrons. The zero-order valence-corrected chi connectivity index (χ0v) is 27.1. The Hall–Kier alpha value is -3.08. The molecule has 260 valence electrons. The molecule has 1 aromatic rings. The summed E-state index contributed by atoms with van der Waals surface area (Å²) in [6, 6.07) is 10.1. The average Bonchev–Trinajstić information content (AvgIpc) is 3.25. The van der Waals surface area contributed by atoms with E-state index in [2.05, 4.69) is 43.0 Å². The van der Waals surface area contributed by atoms with Gasteiger partial charge in [0.1, 0.15) is 11.9 Å². The van der Waals surface area contributed by atoms with Crippen LogP contribution in [-0.2, 0) is 25.6 Å². The van der Waals surface area contributed by atoms with E-state index >= 15 is 0 Å². The maximum Gasteiger partial charge on any atom is 0.306 e. The van der Waals surface area contributed by atoms with Crippen LogP contribution in [0, 0.1) is 27.9 Å². The van der Waals surface area contributed by atoms with Crippen molar-refractivity contribution in [1.82, 2.24) is 0 Å². The van der Waals surface area contributed by atoms with Gasteiger partial charge in [-0.05, 0) is 89.2 Å². The van der Waals surface area contributed by atoms with E-state index in [0.29, 0.717) is 38.0 Å². The van der Waals surface area contributed by atoms with E-state index in [0.717, 1.165) is 38.6 Å². The second-order valence-electron chi connectivity index (χ2n) is 11.6. The number of esters is 1. The van der Waals surface area contributed by atoms with Crippen molar-refractivity contribution in [2.24, 2.45) is 23.5 Å². The number of nitrogens with zero attached hydrogens (tertiary/aromatic N) is 1. The second-order valence-corrected chi connectivity index (χ2v) is 11.6. The molecule has 0 amide bonds. The monoisotopic (exact) mass is 638 g/mol. The van der Waals surface area contributed by atoms with Crippen LogP contribution in [0.15, 0.2) is 54.1 Å². The molecule has 1 aliphatic rings. The van der Waals surface area contributed by atoms with Crippen molar-refractivity contribution in [2.75, 3.05) is 13.2 Å². The summed E-state index contributed by atoms with van der Waals surface area (Å²) >= 11 is 0. The minimum Gasteiger partial charge on any atom is -0.462 e. The van der Waals surface area contributed by atoms with Crippen molar-refractivity contribution in [3.63, 3.8) is 0 Å². The van der Waals surface area contributed by atoms with Gasteiger partial charge in [0, 0.05) is 20.2 Å². The third kappa shape index (κ3) is 20.6. The van der Waals surface area contributed by atoms with Crippen LogP contribution in [0.2, 0.25) is 0 Å². The maximum absolute atomic E-state index is 12.7. The van der Waals surface area contributed by atoms with Crippen LogP contribution >= 0.6 is 0 Å². The zero-order chi connectivity index (χ0) is 32.0. The standard InChI is InChI=1S/C32H47NO7.C2H7N.CH4.H2O.H2/c1-24(11-10-12-26(3)34)16-20-29-25(2)23-31(40-32(36)15-8-5-9-22-39-33(37)38)30(29)21-19-28(35)18-17-27-13-6-4-7-14-27;1-2-3;;;/h4,6-7,13-14,16,19,21,25,28-31,35H,5,8-12,15,17-18,20,22-23H2,1-3H3;2-3H2,1H3;1H4;1H2;1H/b21-19+,24-16-;;;;/t25?,28-,29-,30+,31+;;;;/m0..../s1. The fourth-order valence-corrected chi connectivity index (χ4v) is 5.42. The van der Waals surface area contributed by atoms with Gasteiger partial charge in [0.25, 0.3) is 5.09 Å². The molecule has 1 unspecified atom stereocenters. The van der Waals surface area contributed by atoms with Crippen molar-refractivity contribution in [3.05, 3.63) is 69.8 Å². The van der Waals surface area contributed by atoms with E-state index in [1.165, 1.54) is 11.1 Å². The molecule has 0 bridgehead atoms. The van der Waals surface area contributed by atoms with E-state index in [4.69, 9.17) is 10.5 Å². The number of ether oxygens (including phenoxy) is 1. The molecule has 10 heteroatoms. The Balaban J connectivity index is -0.00000296. The molecule has 5 atom stereocenters. The Bertz CT molecular complexity index is 1010. The van der Waals surface area contributed by atoms with Crippen molar-refractivity contribution < 1.29 is 36.3 Å². The van der Waals surface area contributed by atoms with E-state index in [9.17, 15) is 24.8 Å². The van der Waals surface area contributed by atoms with Crippen LogP contribution < -0.4 is 5.73 Å². The van der Waals surface area contributed by atoms with Crippen LogP contribution in [0.25, 0.3) is 0 Å². The SMILES string of the molecule is C.CC(=O)CCC/C(C)=C\C[C@H]1C(C)C[C@@H](OC(=O)CCCCCO[N+](=O)[O-])[C@@H]1/C=C/[C@@H](O)CCc1ccccc1.CCN.O.[HH]. The number of carbonyl (C=O) groups excluding carboxylic acids is 2. The molecule has 1 aliphatic carbocycles. The Morgan fingerprint density at radius 3 is 2.42 bits per heavy atom. The molecule has 1 aromatic carbocycles. The van der Waals surface area contributed by atoms with E-state index < -0.39 is 11.2 Å². The molecule has 10 nitrogen and oxygen atoms in total. The van der Waals surface area contributed by atoms with Gasteiger partial charge in [0.05, 0.1) is 12.7 Å². The summed E-state index contributed by atoms with van der Waals surface area (Å²) in [5.41, 5.74) is 7.30. The molecule has 0 aromatic heterocycles. The van der Waals surface area contributed by atoms with E-state index in [1.54, 1.807) is 6.92 Å². The summed E-state index contributed by atoms with van der Waals surface area (Å²) in [6.45, 7) is 8.60. The van der Waals surface area contributed by atoms with Crippen LogP contribution in [0.3, 0.4) is 0 Å². The highest BCUT2D eigenvalue weighted by Crippen LogP contribution is 2.42. The van der Waals surface area contributed by atoms with Crippen molar-refractivity contribution in [1.29, 1.82) is 0 Å². The molecule has 2 rings (SSSR count). The zero-order valence-electron chi connectivity index (χ0n) is 27.1. The van der Waals surface area contributed by atoms with Gasteiger partial charge in [0.2, 0.25) is 0 Å². The predicted molar refractivity (Wildman–Crippen MR) is 182 cm³/mol. The van der Waals surface area contributed by atoms with Gasteiger partial charge in [-0.1, -0.05) is 81.8 Å². The van der Waals surface area contributed by atoms with Gasteiger partial charge in [0.15, 0.2) is 0 Å². The van der Waals surface area contributed by atoms with Crippen molar-refractivity contribution in [2.45, 2.75) is 118 Å². The largest absolute Gasteiger partial charge is 0.462 e. The third-order valence-corrected chi connectivity index (χ3v) is 7.73. The minimum absolute atomic E-state index is 0. The molecule has 0 heterocycles. The summed E-state index contributed by atoms with van der Waals surface area (Å²) < 4.78 is 5.96. The maximum atomic E-state index is 12.7. The van der Waals surface area contributed by atoms with E-state index in [-0.39, 0.29) is 57.0 Å². The van der Waals surface area contributed by atoms with E-state index in [1.807, 2.05) is 31.2 Å². The molecule has 45 heavy (non-hydrogen) atoms. The molecule has 0 aliphatic heterocycles. The number of unbranched alkanes of at least 4 members (excludes halogenated alkanes) is 2. The lowest BCUT2D eigenvalue weighted by molar-refractivity contribution is -0.757. The number of carbonyl (C=O) groups is 2. The molecule has 5 N–H and O–H groups in total. The number of hydrogen-bond acceptors (Lipinski definition) is 8. The van der Waals surface area contributed by atoms with Gasteiger partial charge in [-0.15, -0.1) is 10.1 Å². The summed E-state index contributed by atoms with van der Waals surface area (Å²) in [4.78, 5) is 38.5. The Morgan fingerprint density at radius 2 is 1.80 bits per heavy atom. The van der Waals surface area contributed by atoms with Crippen LogP contribution in [0.4, 0.5) is 0 Å². The number of aryl methyl sites for hydroxylation is 1. The van der Waals surface area contributed by atoms with Crippen LogP contribution in [0.5, 0.6) is 0 Å². The van der Waals surface area contributed by atoms with Crippen LogP contribution in [-0.4, -0.2) is 52.8 Å². The molecular weight excluding hydrogens is 576 g/mol.